The Labute approximate surface area is 137 Å². The number of carbonyl (C=O) groups is 2. The number of rotatable bonds is 8. The molecule has 0 heterocycles. The lowest BCUT2D eigenvalue weighted by molar-refractivity contribution is -0.143. The molecule has 0 saturated carbocycles. The van der Waals surface area contributed by atoms with E-state index in [-0.39, 0.29) is 0 Å². The summed E-state index contributed by atoms with van der Waals surface area (Å²) in [6.45, 7) is 5.20. The van der Waals surface area contributed by atoms with Crippen LogP contribution < -0.4 is 14.8 Å². The van der Waals surface area contributed by atoms with E-state index in [9.17, 15) is 9.59 Å². The zero-order chi connectivity index (χ0) is 17.2. The molecule has 0 unspecified atom stereocenters. The number of hydrogen-bond acceptors (Lipinski definition) is 4. The molecule has 1 aromatic carbocycles. The zero-order valence-corrected chi connectivity index (χ0v) is 14.3. The molecular weight excluding hydrogens is 296 g/mol. The number of nitrogens with zero attached hydrogens (tertiary/aromatic N) is 1. The van der Waals surface area contributed by atoms with Crippen LogP contribution >= 0.6 is 0 Å². The molecule has 0 saturated heterocycles. The van der Waals surface area contributed by atoms with E-state index >= 15 is 0 Å². The Kier molecular flexibility index (Phi) is 7.94. The third-order valence-corrected chi connectivity index (χ3v) is 3.41. The molecular formula is C17H26N2O4. The van der Waals surface area contributed by atoms with Crippen LogP contribution in [0.4, 0.5) is 5.69 Å². The van der Waals surface area contributed by atoms with E-state index in [4.69, 9.17) is 9.47 Å². The standard InChI is InChI=1S/C17H26N2O4/c1-5-7-11-19(10-6-2)17(21)16(20)18-14-9-8-13(22-3)12-15(14)23-4/h8-9,12H,5-7,10-11H2,1-4H3,(H,18,20). The first kappa shape index (κ1) is 18.8. The Balaban J connectivity index is 2.82. The lowest BCUT2D eigenvalue weighted by Crippen LogP contribution is -2.40. The number of anilines is 1. The van der Waals surface area contributed by atoms with E-state index in [1.165, 1.54) is 7.11 Å². The number of amides is 2. The minimum absolute atomic E-state index is 0.443. The molecule has 23 heavy (non-hydrogen) atoms. The molecule has 128 valence electrons. The highest BCUT2D eigenvalue weighted by Crippen LogP contribution is 2.29. The van der Waals surface area contributed by atoms with Gasteiger partial charge in [0.25, 0.3) is 0 Å². The van der Waals surface area contributed by atoms with Gasteiger partial charge in [-0.05, 0) is 25.0 Å². The second-order valence-corrected chi connectivity index (χ2v) is 5.17. The van der Waals surface area contributed by atoms with Crippen LogP contribution in [-0.4, -0.2) is 44.0 Å². The molecule has 0 fully saturated rings. The predicted octanol–water partition coefficient (Wildman–Crippen LogP) is 2.68. The van der Waals surface area contributed by atoms with Crippen LogP contribution in [-0.2, 0) is 9.59 Å². The molecule has 0 aliphatic rings. The Bertz CT molecular complexity index is 531. The van der Waals surface area contributed by atoms with Gasteiger partial charge in [-0.25, -0.2) is 0 Å². The van der Waals surface area contributed by atoms with Crippen molar-refractivity contribution in [3.05, 3.63) is 18.2 Å². The van der Waals surface area contributed by atoms with Crippen LogP contribution in [0.25, 0.3) is 0 Å². The first-order chi connectivity index (χ1) is 11.1. The van der Waals surface area contributed by atoms with E-state index in [1.807, 2.05) is 6.92 Å². The van der Waals surface area contributed by atoms with Crippen LogP contribution in [0.3, 0.4) is 0 Å². The van der Waals surface area contributed by atoms with Crippen molar-refractivity contribution in [2.75, 3.05) is 32.6 Å². The molecule has 0 bridgehead atoms. The van der Waals surface area contributed by atoms with Crippen molar-refractivity contribution in [2.24, 2.45) is 0 Å². The molecule has 0 aliphatic heterocycles. The molecule has 2 amide bonds. The van der Waals surface area contributed by atoms with Crippen molar-refractivity contribution < 1.29 is 19.1 Å². The highest BCUT2D eigenvalue weighted by molar-refractivity contribution is 6.39. The molecule has 0 radical (unpaired) electrons. The van der Waals surface area contributed by atoms with Crippen molar-refractivity contribution in [1.82, 2.24) is 4.90 Å². The van der Waals surface area contributed by atoms with Crippen LogP contribution in [0.1, 0.15) is 33.1 Å². The van der Waals surface area contributed by atoms with Crippen LogP contribution in [0.15, 0.2) is 18.2 Å². The average molecular weight is 322 g/mol. The molecule has 0 aliphatic carbocycles. The molecule has 6 heteroatoms. The SMILES string of the molecule is CCCCN(CCC)C(=O)C(=O)Nc1ccc(OC)cc1OC. The number of unbranched alkanes of at least 4 members (excludes halogenated alkanes) is 1. The van der Waals surface area contributed by atoms with Gasteiger partial charge in [0.2, 0.25) is 0 Å². The van der Waals surface area contributed by atoms with Crippen LogP contribution in [0.2, 0.25) is 0 Å². The van der Waals surface area contributed by atoms with E-state index < -0.39 is 11.8 Å². The van der Waals surface area contributed by atoms with Crippen LogP contribution in [0, 0.1) is 0 Å². The molecule has 1 rings (SSSR count). The van der Waals surface area contributed by atoms with Gasteiger partial charge < -0.3 is 19.7 Å². The zero-order valence-electron chi connectivity index (χ0n) is 14.3. The number of nitrogens with one attached hydrogen (secondary N) is 1. The number of methoxy groups -OCH3 is 2. The van der Waals surface area contributed by atoms with Gasteiger partial charge in [-0.2, -0.15) is 0 Å². The third-order valence-electron chi connectivity index (χ3n) is 3.41. The van der Waals surface area contributed by atoms with Gasteiger partial charge in [-0.1, -0.05) is 20.3 Å². The Morgan fingerprint density at radius 3 is 2.39 bits per heavy atom. The van der Waals surface area contributed by atoms with Gasteiger partial charge >= 0.3 is 11.8 Å². The van der Waals surface area contributed by atoms with Gasteiger partial charge in [-0.15, -0.1) is 0 Å². The van der Waals surface area contributed by atoms with Crippen molar-refractivity contribution in [3.8, 4) is 11.5 Å². The minimum atomic E-state index is -0.655. The summed E-state index contributed by atoms with van der Waals surface area (Å²) < 4.78 is 10.3. The van der Waals surface area contributed by atoms with Gasteiger partial charge in [0.1, 0.15) is 11.5 Å². The van der Waals surface area contributed by atoms with Crippen molar-refractivity contribution >= 4 is 17.5 Å². The first-order valence-corrected chi connectivity index (χ1v) is 7.89. The van der Waals surface area contributed by atoms with Gasteiger partial charge in [0.05, 0.1) is 19.9 Å². The predicted molar refractivity (Wildman–Crippen MR) is 90.0 cm³/mol. The number of hydrogen-bond donors (Lipinski definition) is 1. The molecule has 1 N–H and O–H groups in total. The number of carbonyl (C=O) groups excluding carboxylic acids is 2. The number of ether oxygens (including phenoxy) is 2. The smallest absolute Gasteiger partial charge is 0.314 e. The minimum Gasteiger partial charge on any atom is -0.497 e. The third kappa shape index (κ3) is 5.47. The first-order valence-electron chi connectivity index (χ1n) is 7.89. The fourth-order valence-corrected chi connectivity index (χ4v) is 2.15. The number of benzene rings is 1. The lowest BCUT2D eigenvalue weighted by atomic mass is 10.2. The maximum absolute atomic E-state index is 12.3. The van der Waals surface area contributed by atoms with Crippen molar-refractivity contribution in [3.63, 3.8) is 0 Å². The molecule has 0 atom stereocenters. The quantitative estimate of drug-likeness (QED) is 0.747. The van der Waals surface area contributed by atoms with E-state index in [1.54, 1.807) is 30.2 Å². The highest BCUT2D eigenvalue weighted by Gasteiger charge is 2.22. The average Bonchev–Trinajstić information content (AvgIpc) is 2.58. The summed E-state index contributed by atoms with van der Waals surface area (Å²) in [6, 6.07) is 5.00. The fraction of sp³-hybridized carbons (Fsp3) is 0.529. The fourth-order valence-electron chi connectivity index (χ4n) is 2.15. The van der Waals surface area contributed by atoms with Crippen molar-refractivity contribution in [1.29, 1.82) is 0 Å². The summed E-state index contributed by atoms with van der Waals surface area (Å²) >= 11 is 0. The second-order valence-electron chi connectivity index (χ2n) is 5.17. The highest BCUT2D eigenvalue weighted by atomic mass is 16.5. The summed E-state index contributed by atoms with van der Waals surface area (Å²) in [5, 5.41) is 2.62. The van der Waals surface area contributed by atoms with Crippen molar-refractivity contribution in [2.45, 2.75) is 33.1 Å². The normalized spacial score (nSPS) is 10.1. The summed E-state index contributed by atoms with van der Waals surface area (Å²) in [6.07, 6.45) is 2.67. The topological polar surface area (TPSA) is 67.9 Å². The van der Waals surface area contributed by atoms with E-state index in [0.29, 0.717) is 30.3 Å². The maximum Gasteiger partial charge on any atom is 0.314 e. The summed E-state index contributed by atoms with van der Waals surface area (Å²) in [4.78, 5) is 26.1. The van der Waals surface area contributed by atoms with Gasteiger partial charge in [0.15, 0.2) is 0 Å². The largest absolute Gasteiger partial charge is 0.497 e. The Morgan fingerprint density at radius 2 is 1.83 bits per heavy atom. The summed E-state index contributed by atoms with van der Waals surface area (Å²) in [5.74, 6) is -0.112. The Hall–Kier alpha value is -2.24. The summed E-state index contributed by atoms with van der Waals surface area (Å²) in [7, 11) is 3.05. The van der Waals surface area contributed by atoms with Gasteiger partial charge in [0, 0.05) is 19.2 Å². The summed E-state index contributed by atoms with van der Waals surface area (Å²) in [5.41, 5.74) is 0.443. The lowest BCUT2D eigenvalue weighted by Gasteiger charge is -2.21. The molecule has 0 spiro atoms. The van der Waals surface area contributed by atoms with Gasteiger partial charge in [-0.3, -0.25) is 9.59 Å². The molecule has 6 nitrogen and oxygen atoms in total. The molecule has 0 aromatic heterocycles. The van der Waals surface area contributed by atoms with E-state index in [0.717, 1.165) is 19.3 Å². The Morgan fingerprint density at radius 1 is 1.09 bits per heavy atom. The van der Waals surface area contributed by atoms with Crippen LogP contribution in [0.5, 0.6) is 11.5 Å². The van der Waals surface area contributed by atoms with E-state index in [2.05, 4.69) is 12.2 Å². The maximum atomic E-state index is 12.3. The molecule has 1 aromatic rings. The second kappa shape index (κ2) is 9.71. The monoisotopic (exact) mass is 322 g/mol.